The maximum Gasteiger partial charge on any atom is 0.342 e. The van der Waals surface area contributed by atoms with E-state index in [0.29, 0.717) is 28.1 Å². The van der Waals surface area contributed by atoms with E-state index in [2.05, 4.69) is 15.9 Å². The van der Waals surface area contributed by atoms with Crippen molar-refractivity contribution in [3.05, 3.63) is 22.2 Å². The minimum atomic E-state index is -0.442. The summed E-state index contributed by atoms with van der Waals surface area (Å²) in [6.07, 6.45) is 0. The van der Waals surface area contributed by atoms with E-state index in [1.807, 2.05) is 0 Å². The number of carbonyl (C=O) groups is 1. The Hall–Kier alpha value is -1.23. The van der Waals surface area contributed by atoms with E-state index in [4.69, 9.17) is 15.2 Å². The summed E-state index contributed by atoms with van der Waals surface area (Å²) in [5.41, 5.74) is 6.43. The molecule has 0 amide bonds. The van der Waals surface area contributed by atoms with Crippen LogP contribution in [0.1, 0.15) is 17.3 Å². The van der Waals surface area contributed by atoms with Gasteiger partial charge in [0, 0.05) is 5.69 Å². The molecular formula is C10H12BrNO3. The minimum Gasteiger partial charge on any atom is -0.495 e. The van der Waals surface area contributed by atoms with Crippen LogP contribution in [0.25, 0.3) is 0 Å². The maximum atomic E-state index is 11.6. The number of esters is 1. The Morgan fingerprint density at radius 1 is 1.53 bits per heavy atom. The molecule has 82 valence electrons. The van der Waals surface area contributed by atoms with E-state index in [0.717, 1.165) is 0 Å². The summed E-state index contributed by atoms with van der Waals surface area (Å²) in [5.74, 6) is -0.00926. The molecule has 0 aliphatic rings. The van der Waals surface area contributed by atoms with Crippen molar-refractivity contribution in [2.24, 2.45) is 0 Å². The highest BCUT2D eigenvalue weighted by Gasteiger charge is 2.16. The van der Waals surface area contributed by atoms with Crippen LogP contribution in [0.3, 0.4) is 0 Å². The average molecular weight is 274 g/mol. The van der Waals surface area contributed by atoms with E-state index >= 15 is 0 Å². The fourth-order valence-electron chi connectivity index (χ4n) is 1.18. The molecule has 0 unspecified atom stereocenters. The van der Waals surface area contributed by atoms with Crippen molar-refractivity contribution in [3.63, 3.8) is 0 Å². The Balaban J connectivity index is 3.20. The lowest BCUT2D eigenvalue weighted by molar-refractivity contribution is 0.0522. The number of hydrogen-bond acceptors (Lipinski definition) is 4. The van der Waals surface area contributed by atoms with Gasteiger partial charge in [0.05, 0.1) is 18.2 Å². The molecule has 2 N–H and O–H groups in total. The first kappa shape index (κ1) is 11.8. The summed E-state index contributed by atoms with van der Waals surface area (Å²) in [7, 11) is 1.49. The predicted octanol–water partition coefficient (Wildman–Crippen LogP) is 2.22. The largest absolute Gasteiger partial charge is 0.495 e. The lowest BCUT2D eigenvalue weighted by Crippen LogP contribution is -2.08. The second-order valence-corrected chi connectivity index (χ2v) is 3.66. The third-order valence-corrected chi connectivity index (χ3v) is 2.35. The molecule has 4 nitrogen and oxygen atoms in total. The lowest BCUT2D eigenvalue weighted by Gasteiger charge is -2.10. The van der Waals surface area contributed by atoms with Gasteiger partial charge >= 0.3 is 5.97 Å². The number of benzene rings is 1. The van der Waals surface area contributed by atoms with Crippen molar-refractivity contribution in [1.29, 1.82) is 0 Å². The first-order valence-electron chi connectivity index (χ1n) is 4.40. The fraction of sp³-hybridized carbons (Fsp3) is 0.300. The van der Waals surface area contributed by atoms with Crippen LogP contribution in [0.2, 0.25) is 0 Å². The number of rotatable bonds is 3. The van der Waals surface area contributed by atoms with Crippen LogP contribution in [0.15, 0.2) is 16.6 Å². The van der Waals surface area contributed by atoms with Crippen LogP contribution in [-0.2, 0) is 4.74 Å². The van der Waals surface area contributed by atoms with E-state index in [1.165, 1.54) is 13.2 Å². The first-order chi connectivity index (χ1) is 7.10. The number of ether oxygens (including phenoxy) is 2. The van der Waals surface area contributed by atoms with Gasteiger partial charge in [0.2, 0.25) is 0 Å². The molecule has 0 heterocycles. The smallest absolute Gasteiger partial charge is 0.342 e. The zero-order valence-electron chi connectivity index (χ0n) is 8.54. The number of nitrogen functional groups attached to an aromatic ring is 1. The van der Waals surface area contributed by atoms with Gasteiger partial charge in [-0.3, -0.25) is 0 Å². The molecule has 0 bridgehead atoms. The highest BCUT2D eigenvalue weighted by molar-refractivity contribution is 9.10. The highest BCUT2D eigenvalue weighted by Crippen LogP contribution is 2.31. The zero-order chi connectivity index (χ0) is 11.4. The van der Waals surface area contributed by atoms with Gasteiger partial charge in [0.1, 0.15) is 11.3 Å². The van der Waals surface area contributed by atoms with Gasteiger partial charge in [0.15, 0.2) is 0 Å². The highest BCUT2D eigenvalue weighted by atomic mass is 79.9. The molecule has 0 aliphatic heterocycles. The summed E-state index contributed by atoms with van der Waals surface area (Å²) in [5, 5.41) is 0. The molecule has 1 aromatic carbocycles. The lowest BCUT2D eigenvalue weighted by atomic mass is 10.2. The molecule has 0 saturated carbocycles. The monoisotopic (exact) mass is 273 g/mol. The number of hydrogen-bond donors (Lipinski definition) is 1. The Morgan fingerprint density at radius 3 is 2.73 bits per heavy atom. The van der Waals surface area contributed by atoms with Gasteiger partial charge in [-0.25, -0.2) is 4.79 Å². The second kappa shape index (κ2) is 5.02. The standard InChI is InChI=1S/C10H12BrNO3/c1-3-15-10(13)7-4-6(12)5-8(11)9(7)14-2/h4-5H,3,12H2,1-2H3. The third-order valence-electron chi connectivity index (χ3n) is 1.77. The first-order valence-corrected chi connectivity index (χ1v) is 5.19. The number of anilines is 1. The van der Waals surface area contributed by atoms with Gasteiger partial charge in [-0.1, -0.05) is 0 Å². The molecule has 15 heavy (non-hydrogen) atoms. The molecule has 1 rings (SSSR count). The van der Waals surface area contributed by atoms with E-state index < -0.39 is 5.97 Å². The number of nitrogens with two attached hydrogens (primary N) is 1. The molecule has 1 aromatic rings. The summed E-state index contributed by atoms with van der Waals surface area (Å²) in [6, 6.07) is 3.20. The predicted molar refractivity (Wildman–Crippen MR) is 61.1 cm³/mol. The molecule has 5 heteroatoms. The Bertz CT molecular complexity index is 379. The van der Waals surface area contributed by atoms with Crippen molar-refractivity contribution in [2.75, 3.05) is 19.5 Å². The molecule has 0 atom stereocenters. The number of methoxy groups -OCH3 is 1. The Labute approximate surface area is 96.5 Å². The van der Waals surface area contributed by atoms with Gasteiger partial charge < -0.3 is 15.2 Å². The SMILES string of the molecule is CCOC(=O)c1cc(N)cc(Br)c1OC. The Morgan fingerprint density at radius 2 is 2.20 bits per heavy atom. The second-order valence-electron chi connectivity index (χ2n) is 2.80. The van der Waals surface area contributed by atoms with Crippen LogP contribution in [-0.4, -0.2) is 19.7 Å². The van der Waals surface area contributed by atoms with E-state index in [-0.39, 0.29) is 0 Å². The molecule has 0 spiro atoms. The summed E-state index contributed by atoms with van der Waals surface area (Å²) < 4.78 is 10.6. The van der Waals surface area contributed by atoms with Crippen LogP contribution in [0, 0.1) is 0 Å². The molecule has 0 aliphatic carbocycles. The van der Waals surface area contributed by atoms with Gasteiger partial charge in [0.25, 0.3) is 0 Å². The quantitative estimate of drug-likeness (QED) is 0.678. The molecule has 0 aromatic heterocycles. The van der Waals surface area contributed by atoms with E-state index in [9.17, 15) is 4.79 Å². The van der Waals surface area contributed by atoms with Gasteiger partial charge in [-0.05, 0) is 35.0 Å². The average Bonchev–Trinajstić information content (AvgIpc) is 2.17. The molecule has 0 fully saturated rings. The number of carbonyl (C=O) groups excluding carboxylic acids is 1. The van der Waals surface area contributed by atoms with Crippen molar-refractivity contribution in [3.8, 4) is 5.75 Å². The molecule has 0 saturated heterocycles. The molecule has 0 radical (unpaired) electrons. The summed E-state index contributed by atoms with van der Waals surface area (Å²) >= 11 is 3.26. The fourth-order valence-corrected chi connectivity index (χ4v) is 1.82. The normalized spacial score (nSPS) is 9.80. The van der Waals surface area contributed by atoms with Crippen LogP contribution in [0.4, 0.5) is 5.69 Å². The summed E-state index contributed by atoms with van der Waals surface area (Å²) in [4.78, 5) is 11.6. The van der Waals surface area contributed by atoms with Gasteiger partial charge in [-0.15, -0.1) is 0 Å². The third kappa shape index (κ3) is 2.62. The maximum absolute atomic E-state index is 11.6. The van der Waals surface area contributed by atoms with E-state index in [1.54, 1.807) is 13.0 Å². The van der Waals surface area contributed by atoms with Crippen LogP contribution in [0.5, 0.6) is 5.75 Å². The van der Waals surface area contributed by atoms with Crippen molar-refractivity contribution < 1.29 is 14.3 Å². The zero-order valence-corrected chi connectivity index (χ0v) is 10.1. The van der Waals surface area contributed by atoms with Crippen molar-refractivity contribution >= 4 is 27.6 Å². The Kier molecular flexibility index (Phi) is 3.96. The summed E-state index contributed by atoms with van der Waals surface area (Å²) in [6.45, 7) is 2.06. The van der Waals surface area contributed by atoms with Crippen molar-refractivity contribution in [2.45, 2.75) is 6.92 Å². The molecular weight excluding hydrogens is 262 g/mol. The van der Waals surface area contributed by atoms with Crippen LogP contribution < -0.4 is 10.5 Å². The minimum absolute atomic E-state index is 0.314. The van der Waals surface area contributed by atoms with Gasteiger partial charge in [-0.2, -0.15) is 0 Å². The van der Waals surface area contributed by atoms with Crippen LogP contribution >= 0.6 is 15.9 Å². The topological polar surface area (TPSA) is 61.5 Å². The van der Waals surface area contributed by atoms with Crippen molar-refractivity contribution in [1.82, 2.24) is 0 Å². The number of halogens is 1.